The molecule has 1 aliphatic carbocycles. The number of Topliss-reactive ketones (excluding diaryl/α,β-unsaturated/α-hetero) is 1. The number of carbonyl (C=O) groups excluding carboxylic acids is 2. The van der Waals surface area contributed by atoms with Crippen LogP contribution >= 0.6 is 0 Å². The third-order valence-electron chi connectivity index (χ3n) is 5.21. The van der Waals surface area contributed by atoms with Gasteiger partial charge in [-0.2, -0.15) is 0 Å². The van der Waals surface area contributed by atoms with Crippen LogP contribution in [-0.4, -0.2) is 85.8 Å². The van der Waals surface area contributed by atoms with Crippen LogP contribution in [0.5, 0.6) is 0 Å². The maximum Gasteiger partial charge on any atom is 0.255 e. The molecule has 1 aromatic carbocycles. The van der Waals surface area contributed by atoms with Crippen LogP contribution in [0.1, 0.15) is 32.7 Å². The Kier molecular flexibility index (Phi) is 5.86. The van der Waals surface area contributed by atoms with Crippen molar-refractivity contribution in [2.75, 3.05) is 53.4 Å². The van der Waals surface area contributed by atoms with Gasteiger partial charge in [0.15, 0.2) is 5.78 Å². The molecule has 0 saturated carbocycles. The van der Waals surface area contributed by atoms with Gasteiger partial charge in [0.25, 0.3) is 5.91 Å². The van der Waals surface area contributed by atoms with Gasteiger partial charge in [-0.05, 0) is 45.2 Å². The first-order valence-corrected chi connectivity index (χ1v) is 9.26. The van der Waals surface area contributed by atoms with Crippen LogP contribution in [0.3, 0.4) is 0 Å². The Labute approximate surface area is 155 Å². The lowest BCUT2D eigenvalue weighted by Gasteiger charge is -2.37. The fraction of sp³-hybridized carbons (Fsp3) is 0.500. The topological polar surface area (TPSA) is 69.9 Å². The molecule has 26 heavy (non-hydrogen) atoms. The minimum atomic E-state index is -0.450. The molecule has 1 atom stereocenters. The number of likely N-dealkylation sites (N-methyl/N-ethyl adjacent to an activating group) is 2. The van der Waals surface area contributed by atoms with Gasteiger partial charge >= 0.3 is 0 Å². The number of fused-ring (bicyclic) bond motifs is 1. The summed E-state index contributed by atoms with van der Waals surface area (Å²) < 4.78 is 0. The minimum Gasteiger partial charge on any atom is -0.329 e. The quantitative estimate of drug-likeness (QED) is 0.713. The van der Waals surface area contributed by atoms with E-state index in [1.165, 1.54) is 0 Å². The van der Waals surface area contributed by atoms with Crippen molar-refractivity contribution in [3.8, 4) is 0 Å². The first kappa shape index (κ1) is 18.8. The number of amides is 1. The molecule has 6 nitrogen and oxygen atoms in total. The Morgan fingerprint density at radius 3 is 2.54 bits per heavy atom. The number of nitrogens with zero attached hydrogens (tertiary/aromatic N) is 3. The van der Waals surface area contributed by atoms with Crippen LogP contribution in [-0.2, 0) is 0 Å². The first-order chi connectivity index (χ1) is 12.5. The molecule has 0 radical (unpaired) electrons. The average molecular weight is 356 g/mol. The number of ketones is 1. The molecule has 140 valence electrons. The van der Waals surface area contributed by atoms with Crippen molar-refractivity contribution >= 4 is 17.8 Å². The lowest BCUT2D eigenvalue weighted by atomic mass is 9.84. The second-order valence-corrected chi connectivity index (χ2v) is 7.19. The third-order valence-corrected chi connectivity index (χ3v) is 5.21. The van der Waals surface area contributed by atoms with Gasteiger partial charge in [-0.15, -0.1) is 0 Å². The molecular weight excluding hydrogens is 328 g/mol. The van der Waals surface area contributed by atoms with Gasteiger partial charge in [0.2, 0.25) is 0 Å². The molecule has 0 aromatic heterocycles. The summed E-state index contributed by atoms with van der Waals surface area (Å²) in [5.74, 6) is 0.00985. The van der Waals surface area contributed by atoms with E-state index in [0.717, 1.165) is 38.2 Å². The molecule has 0 saturated heterocycles. The molecule has 2 N–H and O–H groups in total. The van der Waals surface area contributed by atoms with Crippen LogP contribution in [0.2, 0.25) is 0 Å². The average Bonchev–Trinajstić information content (AvgIpc) is 2.62. The molecule has 3 rings (SSSR count). The van der Waals surface area contributed by atoms with Crippen molar-refractivity contribution in [2.24, 2.45) is 5.73 Å². The molecular formula is C20H28N4O2. The first-order valence-electron chi connectivity index (χ1n) is 9.26. The smallest absolute Gasteiger partial charge is 0.255 e. The zero-order valence-corrected chi connectivity index (χ0v) is 15.6. The maximum atomic E-state index is 12.8. The molecule has 1 heterocycles. The number of hydrogen-bond acceptors (Lipinski definition) is 5. The highest BCUT2D eigenvalue weighted by molar-refractivity contribution is 6.19. The standard InChI is InChI=1S/C20H28N4O2/c1-22(12-9-21)10-4-11-23(2)13-14-24-17-8-7-15-5-3-6-16(20(24)26)18(15)19(17)25/h3,5-8,17H,4,9-14,21H2,1-2H3. The predicted molar refractivity (Wildman–Crippen MR) is 103 cm³/mol. The van der Waals surface area contributed by atoms with Gasteiger partial charge in [-0.3, -0.25) is 9.59 Å². The Hall–Kier alpha value is -2.02. The third kappa shape index (κ3) is 3.72. The fourth-order valence-corrected chi connectivity index (χ4v) is 3.69. The summed E-state index contributed by atoms with van der Waals surface area (Å²) >= 11 is 0. The molecule has 0 spiro atoms. The number of hydrogen-bond donors (Lipinski definition) is 1. The van der Waals surface area contributed by atoms with E-state index < -0.39 is 6.04 Å². The second-order valence-electron chi connectivity index (χ2n) is 7.19. The molecule has 1 amide bonds. The highest BCUT2D eigenvalue weighted by Gasteiger charge is 2.40. The Balaban J connectivity index is 1.57. The monoisotopic (exact) mass is 356 g/mol. The van der Waals surface area contributed by atoms with Crippen molar-refractivity contribution in [1.29, 1.82) is 0 Å². The van der Waals surface area contributed by atoms with E-state index >= 15 is 0 Å². The zero-order valence-electron chi connectivity index (χ0n) is 15.6. The van der Waals surface area contributed by atoms with Crippen LogP contribution in [0.4, 0.5) is 0 Å². The van der Waals surface area contributed by atoms with E-state index in [2.05, 4.69) is 23.9 Å². The Morgan fingerprint density at radius 1 is 1.08 bits per heavy atom. The summed E-state index contributed by atoms with van der Waals surface area (Å²) in [5.41, 5.74) is 7.55. The SMILES string of the molecule is CN(CCN)CCCN(C)CCN1C(=O)c2cccc3c2C(=O)C1C=C3. The zero-order chi connectivity index (χ0) is 18.7. The fourth-order valence-electron chi connectivity index (χ4n) is 3.69. The minimum absolute atomic E-state index is 0.0353. The molecule has 1 unspecified atom stereocenters. The molecule has 2 aliphatic rings. The van der Waals surface area contributed by atoms with E-state index in [-0.39, 0.29) is 11.7 Å². The van der Waals surface area contributed by atoms with E-state index in [9.17, 15) is 9.59 Å². The summed E-state index contributed by atoms with van der Waals surface area (Å²) in [7, 11) is 4.13. The van der Waals surface area contributed by atoms with E-state index in [0.29, 0.717) is 24.2 Å². The summed E-state index contributed by atoms with van der Waals surface area (Å²) in [6.45, 7) is 4.84. The summed E-state index contributed by atoms with van der Waals surface area (Å²) in [4.78, 5) is 31.7. The number of rotatable bonds is 9. The van der Waals surface area contributed by atoms with E-state index in [4.69, 9.17) is 5.73 Å². The number of benzene rings is 1. The second kappa shape index (κ2) is 8.12. The number of nitrogens with two attached hydrogens (primary N) is 1. The van der Waals surface area contributed by atoms with Crippen LogP contribution in [0.15, 0.2) is 24.3 Å². The highest BCUT2D eigenvalue weighted by Crippen LogP contribution is 2.31. The van der Waals surface area contributed by atoms with Crippen molar-refractivity contribution in [1.82, 2.24) is 14.7 Å². The van der Waals surface area contributed by atoms with Gasteiger partial charge < -0.3 is 20.4 Å². The molecule has 1 aliphatic heterocycles. The van der Waals surface area contributed by atoms with E-state index in [1.807, 2.05) is 24.3 Å². The molecule has 6 heteroatoms. The largest absolute Gasteiger partial charge is 0.329 e. The Bertz CT molecular complexity index is 716. The van der Waals surface area contributed by atoms with Crippen molar-refractivity contribution in [3.63, 3.8) is 0 Å². The number of carbonyl (C=O) groups is 2. The highest BCUT2D eigenvalue weighted by atomic mass is 16.2. The maximum absolute atomic E-state index is 12.8. The predicted octanol–water partition coefficient (Wildman–Crippen LogP) is 0.933. The van der Waals surface area contributed by atoms with Gasteiger partial charge in [0, 0.05) is 31.7 Å². The van der Waals surface area contributed by atoms with Gasteiger partial charge in [-0.25, -0.2) is 0 Å². The summed E-state index contributed by atoms with van der Waals surface area (Å²) in [6.07, 6.45) is 4.87. The molecule has 1 aromatic rings. The Morgan fingerprint density at radius 2 is 1.81 bits per heavy atom. The van der Waals surface area contributed by atoms with E-state index in [1.54, 1.807) is 11.0 Å². The van der Waals surface area contributed by atoms with Crippen LogP contribution in [0, 0.1) is 0 Å². The van der Waals surface area contributed by atoms with Crippen molar-refractivity contribution in [3.05, 3.63) is 41.0 Å². The summed E-state index contributed by atoms with van der Waals surface area (Å²) in [6, 6.07) is 5.05. The van der Waals surface area contributed by atoms with Crippen molar-refractivity contribution < 1.29 is 9.59 Å². The van der Waals surface area contributed by atoms with Crippen LogP contribution < -0.4 is 5.73 Å². The molecule has 2 bridgehead atoms. The lowest BCUT2D eigenvalue weighted by molar-refractivity contribution is 0.0603. The van der Waals surface area contributed by atoms with Crippen LogP contribution in [0.25, 0.3) is 6.08 Å². The van der Waals surface area contributed by atoms with Gasteiger partial charge in [0.05, 0.1) is 5.56 Å². The van der Waals surface area contributed by atoms with Gasteiger partial charge in [-0.1, -0.05) is 24.3 Å². The lowest BCUT2D eigenvalue weighted by Crippen LogP contribution is -2.52. The van der Waals surface area contributed by atoms with Gasteiger partial charge in [0.1, 0.15) is 6.04 Å². The molecule has 0 fully saturated rings. The summed E-state index contributed by atoms with van der Waals surface area (Å²) in [5, 5.41) is 0. The normalized spacial score (nSPS) is 18.3. The van der Waals surface area contributed by atoms with Crippen molar-refractivity contribution in [2.45, 2.75) is 12.5 Å².